The van der Waals surface area contributed by atoms with E-state index in [0.29, 0.717) is 6.08 Å². The molecule has 0 rings (SSSR count). The Labute approximate surface area is 62.3 Å². The Balaban J connectivity index is 3.73. The van der Waals surface area contributed by atoms with Crippen LogP contribution < -0.4 is 0 Å². The zero-order chi connectivity index (χ0) is 8.91. The van der Waals surface area contributed by atoms with E-state index >= 15 is 0 Å². The minimum Gasteiger partial charge on any atom is -0.481 e. The van der Waals surface area contributed by atoms with E-state index in [0.717, 1.165) is 0 Å². The second-order valence-corrected chi connectivity index (χ2v) is 1.79. The number of aliphatic hydroxyl groups excluding tert-OH is 1. The van der Waals surface area contributed by atoms with Crippen LogP contribution in [0.3, 0.4) is 0 Å². The van der Waals surface area contributed by atoms with Gasteiger partial charge in [-0.2, -0.15) is 13.2 Å². The van der Waals surface area contributed by atoms with Gasteiger partial charge in [0.25, 0.3) is 5.95 Å². The lowest BCUT2D eigenvalue weighted by Crippen LogP contribution is -2.05. The molecule has 0 aromatic rings. The van der Waals surface area contributed by atoms with Crippen molar-refractivity contribution >= 4 is 0 Å². The van der Waals surface area contributed by atoms with Gasteiger partial charge in [0.1, 0.15) is 0 Å². The van der Waals surface area contributed by atoms with Crippen LogP contribution in [-0.2, 0) is 4.74 Å². The van der Waals surface area contributed by atoms with E-state index in [1.54, 1.807) is 6.92 Å². The molecule has 0 fully saturated rings. The van der Waals surface area contributed by atoms with E-state index in [-0.39, 0.29) is 6.61 Å². The van der Waals surface area contributed by atoms with Gasteiger partial charge in [0.2, 0.25) is 0 Å². The summed E-state index contributed by atoms with van der Waals surface area (Å²) >= 11 is 0. The number of rotatable bonds is 3. The first-order chi connectivity index (χ1) is 4.95. The number of alkyl halides is 3. The molecule has 0 saturated carbocycles. The molecule has 0 spiro atoms. The molecule has 11 heavy (non-hydrogen) atoms. The SMILES string of the molecule is CCO/C(O)=C/CC(F)(F)F. The third kappa shape index (κ3) is 7.02. The first-order valence-corrected chi connectivity index (χ1v) is 3.04. The van der Waals surface area contributed by atoms with Gasteiger partial charge in [-0.05, 0) is 6.92 Å². The van der Waals surface area contributed by atoms with Gasteiger partial charge < -0.3 is 9.84 Å². The fourth-order valence-electron chi connectivity index (χ4n) is 0.410. The standard InChI is InChI=1S/C6H9F3O2/c1-2-11-5(10)3-4-6(7,8)9/h3,10H,2,4H2,1H3/b5-3+. The van der Waals surface area contributed by atoms with Crippen LogP contribution in [0.25, 0.3) is 0 Å². The van der Waals surface area contributed by atoms with E-state index in [4.69, 9.17) is 5.11 Å². The monoisotopic (exact) mass is 170 g/mol. The Morgan fingerprint density at radius 3 is 2.45 bits per heavy atom. The van der Waals surface area contributed by atoms with Crippen LogP contribution in [0, 0.1) is 0 Å². The van der Waals surface area contributed by atoms with Crippen LogP contribution in [0.2, 0.25) is 0 Å². The van der Waals surface area contributed by atoms with Crippen LogP contribution in [-0.4, -0.2) is 17.9 Å². The van der Waals surface area contributed by atoms with Crippen molar-refractivity contribution in [2.45, 2.75) is 19.5 Å². The largest absolute Gasteiger partial charge is 0.481 e. The number of ether oxygens (including phenoxy) is 1. The minimum absolute atomic E-state index is 0.153. The lowest BCUT2D eigenvalue weighted by atomic mass is 10.4. The summed E-state index contributed by atoms with van der Waals surface area (Å²) in [6.45, 7) is 1.72. The van der Waals surface area contributed by atoms with E-state index in [1.807, 2.05) is 0 Å². The van der Waals surface area contributed by atoms with Crippen molar-refractivity contribution in [3.8, 4) is 0 Å². The third-order valence-corrected chi connectivity index (χ3v) is 0.800. The highest BCUT2D eigenvalue weighted by Gasteiger charge is 2.25. The number of aliphatic hydroxyl groups is 1. The maximum Gasteiger partial charge on any atom is 0.392 e. The first-order valence-electron chi connectivity index (χ1n) is 3.04. The highest BCUT2D eigenvalue weighted by molar-refractivity contribution is 4.83. The molecule has 0 aliphatic heterocycles. The Morgan fingerprint density at radius 2 is 2.09 bits per heavy atom. The normalized spacial score (nSPS) is 13.3. The summed E-state index contributed by atoms with van der Waals surface area (Å²) in [5.74, 6) is -0.676. The highest BCUT2D eigenvalue weighted by atomic mass is 19.4. The molecule has 0 unspecified atom stereocenters. The average Bonchev–Trinajstić information content (AvgIpc) is 1.83. The van der Waals surface area contributed by atoms with Gasteiger partial charge in [-0.3, -0.25) is 0 Å². The van der Waals surface area contributed by atoms with Crippen LogP contribution in [0.15, 0.2) is 12.0 Å². The molecule has 0 atom stereocenters. The maximum absolute atomic E-state index is 11.4. The average molecular weight is 170 g/mol. The Bertz CT molecular complexity index is 139. The van der Waals surface area contributed by atoms with Gasteiger partial charge in [0.15, 0.2) is 0 Å². The molecule has 0 radical (unpaired) electrons. The van der Waals surface area contributed by atoms with E-state index < -0.39 is 18.5 Å². The minimum atomic E-state index is -4.29. The number of allylic oxidation sites excluding steroid dienone is 1. The Hall–Kier alpha value is -0.870. The zero-order valence-electron chi connectivity index (χ0n) is 5.98. The van der Waals surface area contributed by atoms with Gasteiger partial charge in [-0.25, -0.2) is 0 Å². The van der Waals surface area contributed by atoms with Gasteiger partial charge >= 0.3 is 6.18 Å². The molecular weight excluding hydrogens is 161 g/mol. The van der Waals surface area contributed by atoms with Crippen molar-refractivity contribution in [2.24, 2.45) is 0 Å². The second-order valence-electron chi connectivity index (χ2n) is 1.79. The molecule has 1 N–H and O–H groups in total. The maximum atomic E-state index is 11.4. The van der Waals surface area contributed by atoms with Crippen molar-refractivity contribution < 1.29 is 23.0 Å². The smallest absolute Gasteiger partial charge is 0.392 e. The predicted molar refractivity (Wildman–Crippen MR) is 33.0 cm³/mol. The number of hydrogen-bond acceptors (Lipinski definition) is 2. The Morgan fingerprint density at radius 1 is 1.55 bits per heavy atom. The predicted octanol–water partition coefficient (Wildman–Crippen LogP) is 2.37. The summed E-state index contributed by atoms with van der Waals surface area (Å²) in [5.41, 5.74) is 0. The third-order valence-electron chi connectivity index (χ3n) is 0.800. The van der Waals surface area contributed by atoms with E-state index in [1.165, 1.54) is 0 Å². The summed E-state index contributed by atoms with van der Waals surface area (Å²) in [6.07, 6.45) is -4.87. The van der Waals surface area contributed by atoms with Crippen molar-refractivity contribution in [3.63, 3.8) is 0 Å². The molecule has 66 valence electrons. The fraction of sp³-hybridized carbons (Fsp3) is 0.667. The number of hydrogen-bond donors (Lipinski definition) is 1. The highest BCUT2D eigenvalue weighted by Crippen LogP contribution is 2.20. The molecule has 0 aromatic carbocycles. The lowest BCUT2D eigenvalue weighted by molar-refractivity contribution is -0.126. The van der Waals surface area contributed by atoms with Crippen molar-refractivity contribution in [3.05, 3.63) is 12.0 Å². The van der Waals surface area contributed by atoms with Gasteiger partial charge in [0.05, 0.1) is 13.0 Å². The lowest BCUT2D eigenvalue weighted by Gasteiger charge is -2.03. The van der Waals surface area contributed by atoms with Gasteiger partial charge in [-0.1, -0.05) is 0 Å². The molecule has 0 saturated heterocycles. The zero-order valence-corrected chi connectivity index (χ0v) is 5.98. The van der Waals surface area contributed by atoms with Crippen molar-refractivity contribution in [1.29, 1.82) is 0 Å². The van der Waals surface area contributed by atoms with E-state index in [2.05, 4.69) is 4.74 Å². The summed E-state index contributed by atoms with van der Waals surface area (Å²) in [4.78, 5) is 0. The van der Waals surface area contributed by atoms with Crippen molar-refractivity contribution in [2.75, 3.05) is 6.61 Å². The fourth-order valence-corrected chi connectivity index (χ4v) is 0.410. The summed E-state index contributed by atoms with van der Waals surface area (Å²) in [6, 6.07) is 0. The molecule has 0 aliphatic carbocycles. The molecule has 0 aromatic heterocycles. The molecule has 0 bridgehead atoms. The first kappa shape index (κ1) is 10.1. The molecule has 5 heteroatoms. The molecule has 0 aliphatic rings. The summed E-state index contributed by atoms with van der Waals surface area (Å²) < 4.78 is 38.7. The number of halogens is 3. The van der Waals surface area contributed by atoms with Crippen LogP contribution in [0.1, 0.15) is 13.3 Å². The summed E-state index contributed by atoms with van der Waals surface area (Å²) in [7, 11) is 0. The van der Waals surface area contributed by atoms with Crippen LogP contribution >= 0.6 is 0 Å². The topological polar surface area (TPSA) is 29.5 Å². The molecular formula is C6H9F3O2. The van der Waals surface area contributed by atoms with Gasteiger partial charge in [-0.15, -0.1) is 0 Å². The quantitative estimate of drug-likeness (QED) is 0.659. The second kappa shape index (κ2) is 4.10. The van der Waals surface area contributed by atoms with Crippen LogP contribution in [0.4, 0.5) is 13.2 Å². The van der Waals surface area contributed by atoms with Crippen LogP contribution in [0.5, 0.6) is 0 Å². The summed E-state index contributed by atoms with van der Waals surface area (Å²) in [5, 5.41) is 8.55. The van der Waals surface area contributed by atoms with Crippen molar-refractivity contribution in [1.82, 2.24) is 0 Å². The Kier molecular flexibility index (Phi) is 3.78. The van der Waals surface area contributed by atoms with Gasteiger partial charge in [0, 0.05) is 6.08 Å². The van der Waals surface area contributed by atoms with E-state index in [9.17, 15) is 13.2 Å². The molecule has 0 amide bonds. The molecule has 2 nitrogen and oxygen atoms in total. The molecule has 0 heterocycles.